The van der Waals surface area contributed by atoms with Crippen LogP contribution in [0.15, 0.2) is 24.2 Å². The number of ether oxygens (including phenoxy) is 2. The predicted molar refractivity (Wildman–Crippen MR) is 39.5 cm³/mol. The summed E-state index contributed by atoms with van der Waals surface area (Å²) in [6, 6.07) is 3.31. The van der Waals surface area contributed by atoms with Gasteiger partial charge in [0, 0.05) is 6.07 Å². The molecule has 0 aromatic heterocycles. The van der Waals surface area contributed by atoms with E-state index in [4.69, 9.17) is 12.2 Å². The van der Waals surface area contributed by atoms with Crippen LogP contribution in [0.2, 0.25) is 0 Å². The maximum absolute atomic E-state index is 7.38. The molecule has 0 heterocycles. The summed E-state index contributed by atoms with van der Waals surface area (Å²) in [6.45, 7) is 0. The van der Waals surface area contributed by atoms with Gasteiger partial charge in [0.2, 0.25) is 0 Å². The average Bonchev–Trinajstić information content (AvgIpc) is 2.05. The second kappa shape index (κ2) is 3.11. The lowest BCUT2D eigenvalue weighted by Gasteiger charge is -2.01. The molecule has 54 valence electrons. The molecule has 0 saturated heterocycles. The molecular weight excluding hydrogens is 128 g/mol. The van der Waals surface area contributed by atoms with Gasteiger partial charge in [0.05, 0.1) is 17.0 Å². The zero-order valence-electron chi connectivity index (χ0n) is 7.97. The van der Waals surface area contributed by atoms with E-state index in [0.717, 1.165) is 0 Å². The number of rotatable bonds is 2. The first-order chi connectivity index (χ1) is 5.69. The van der Waals surface area contributed by atoms with E-state index in [-0.39, 0.29) is 12.1 Å². The fraction of sp³-hybridized carbons (Fsp3) is 0.250. The van der Waals surface area contributed by atoms with E-state index in [0.29, 0.717) is 11.5 Å². The normalized spacial score (nSPS) is 11.8. The fourth-order valence-corrected chi connectivity index (χ4v) is 0.616. The van der Waals surface area contributed by atoms with Crippen LogP contribution in [0.5, 0.6) is 11.5 Å². The molecule has 2 nitrogen and oxygen atoms in total. The van der Waals surface area contributed by atoms with Gasteiger partial charge in [-0.1, -0.05) is 6.07 Å². The van der Waals surface area contributed by atoms with Crippen molar-refractivity contribution in [1.29, 1.82) is 0 Å². The molecule has 0 saturated carbocycles. The lowest BCUT2D eigenvalue weighted by atomic mass is 10.3. The van der Waals surface area contributed by atoms with Crippen molar-refractivity contribution in [3.8, 4) is 11.5 Å². The first-order valence-electron chi connectivity index (χ1n) is 3.88. The molecule has 0 unspecified atom stereocenters. The second-order valence-electron chi connectivity index (χ2n) is 1.71. The van der Waals surface area contributed by atoms with Gasteiger partial charge in [-0.25, -0.2) is 0 Å². The van der Waals surface area contributed by atoms with Gasteiger partial charge in [0.1, 0.15) is 11.5 Å². The highest BCUT2D eigenvalue weighted by Crippen LogP contribution is 2.17. The lowest BCUT2D eigenvalue weighted by Crippen LogP contribution is -1.84. The molecule has 0 aliphatic carbocycles. The van der Waals surface area contributed by atoms with Crippen molar-refractivity contribution in [3.05, 3.63) is 24.2 Å². The zero-order valence-corrected chi connectivity index (χ0v) is 5.97. The van der Waals surface area contributed by atoms with Crippen molar-refractivity contribution in [2.24, 2.45) is 0 Å². The Hall–Kier alpha value is -1.18. The molecule has 0 fully saturated rings. The van der Waals surface area contributed by atoms with Gasteiger partial charge in [-0.2, -0.15) is 0 Å². The van der Waals surface area contributed by atoms with E-state index in [1.54, 1.807) is 0 Å². The monoisotopic (exact) mass is 140 g/mol. The maximum Gasteiger partial charge on any atom is 0.122 e. The summed E-state index contributed by atoms with van der Waals surface area (Å²) in [5, 5.41) is 0. The van der Waals surface area contributed by atoms with Crippen LogP contribution >= 0.6 is 0 Å². The first-order valence-corrected chi connectivity index (χ1v) is 2.88. The van der Waals surface area contributed by atoms with Crippen molar-refractivity contribution < 1.29 is 12.2 Å². The Bertz CT molecular complexity index is 261. The second-order valence-corrected chi connectivity index (χ2v) is 1.71. The maximum atomic E-state index is 7.38. The third-order valence-electron chi connectivity index (χ3n) is 1.13. The third kappa shape index (κ3) is 1.41. The summed E-state index contributed by atoms with van der Waals surface area (Å²) in [6.07, 6.45) is 0. The SMILES string of the molecule is [2H]c1cc([2H])c(OC)cc1OC. The molecule has 1 rings (SSSR count). The van der Waals surface area contributed by atoms with Crippen LogP contribution in [0.1, 0.15) is 2.74 Å². The Kier molecular flexibility index (Phi) is 1.43. The Balaban J connectivity index is 3.18. The standard InChI is InChI=1S/C8H10O2/c1-9-7-4-3-5-8(6-7)10-2/h3-6H,1-2H3/i4D,5D. The van der Waals surface area contributed by atoms with Crippen molar-refractivity contribution in [3.63, 3.8) is 0 Å². The first kappa shape index (κ1) is 4.61. The minimum Gasteiger partial charge on any atom is -0.497 e. The highest BCUT2D eigenvalue weighted by molar-refractivity contribution is 5.32. The molecule has 0 amide bonds. The summed E-state index contributed by atoms with van der Waals surface area (Å²) in [7, 11) is 2.97. The largest absolute Gasteiger partial charge is 0.497 e. The van der Waals surface area contributed by atoms with E-state index in [2.05, 4.69) is 0 Å². The van der Waals surface area contributed by atoms with Gasteiger partial charge in [-0.05, 0) is 12.1 Å². The molecule has 0 bridgehead atoms. The van der Waals surface area contributed by atoms with Crippen molar-refractivity contribution in [2.45, 2.75) is 0 Å². The van der Waals surface area contributed by atoms with Crippen molar-refractivity contribution in [1.82, 2.24) is 0 Å². The molecule has 10 heavy (non-hydrogen) atoms. The highest BCUT2D eigenvalue weighted by atomic mass is 16.5. The molecule has 0 spiro atoms. The van der Waals surface area contributed by atoms with Crippen LogP contribution in [0.3, 0.4) is 0 Å². The molecule has 2 heteroatoms. The Morgan fingerprint density at radius 3 is 2.10 bits per heavy atom. The van der Waals surface area contributed by atoms with Crippen LogP contribution in [0.4, 0.5) is 0 Å². The summed E-state index contributed by atoms with van der Waals surface area (Å²) >= 11 is 0. The quantitative estimate of drug-likeness (QED) is 0.622. The third-order valence-corrected chi connectivity index (χ3v) is 1.13. The lowest BCUT2D eigenvalue weighted by molar-refractivity contribution is 0.394. The Labute approximate surface area is 63.2 Å². The highest BCUT2D eigenvalue weighted by Gasteiger charge is 1.91. The number of hydrogen-bond donors (Lipinski definition) is 0. The molecule has 0 atom stereocenters. The fourth-order valence-electron chi connectivity index (χ4n) is 0.616. The summed E-state index contributed by atoms with van der Waals surface area (Å²) < 4.78 is 24.5. The van der Waals surface area contributed by atoms with Crippen molar-refractivity contribution >= 4 is 0 Å². The average molecular weight is 140 g/mol. The number of hydrogen-bond acceptors (Lipinski definition) is 2. The molecule has 0 aliphatic heterocycles. The molecule has 1 aromatic rings. The van der Waals surface area contributed by atoms with Crippen LogP contribution in [0.25, 0.3) is 0 Å². The molecular formula is C8H10O2. The van der Waals surface area contributed by atoms with Gasteiger partial charge in [-0.15, -0.1) is 0 Å². The minimum atomic E-state index is 0.198. The Morgan fingerprint density at radius 1 is 1.20 bits per heavy atom. The Morgan fingerprint density at radius 2 is 1.70 bits per heavy atom. The molecule has 0 radical (unpaired) electrons. The van der Waals surface area contributed by atoms with Gasteiger partial charge >= 0.3 is 0 Å². The van der Waals surface area contributed by atoms with Gasteiger partial charge in [0.15, 0.2) is 0 Å². The van der Waals surface area contributed by atoms with E-state index in [1.807, 2.05) is 0 Å². The summed E-state index contributed by atoms with van der Waals surface area (Å²) in [5.74, 6) is 0.839. The number of benzene rings is 1. The van der Waals surface area contributed by atoms with E-state index in [1.165, 1.54) is 26.4 Å². The van der Waals surface area contributed by atoms with E-state index >= 15 is 0 Å². The van der Waals surface area contributed by atoms with Crippen LogP contribution in [-0.2, 0) is 0 Å². The summed E-state index contributed by atoms with van der Waals surface area (Å²) in [4.78, 5) is 0. The predicted octanol–water partition coefficient (Wildman–Crippen LogP) is 1.70. The van der Waals surface area contributed by atoms with Crippen LogP contribution in [-0.4, -0.2) is 14.2 Å². The van der Waals surface area contributed by atoms with Gasteiger partial charge in [0.25, 0.3) is 0 Å². The zero-order chi connectivity index (χ0) is 9.14. The molecule has 0 aliphatic rings. The summed E-state index contributed by atoms with van der Waals surface area (Å²) in [5.41, 5.74) is 0. The van der Waals surface area contributed by atoms with Crippen LogP contribution < -0.4 is 9.47 Å². The molecule has 0 N–H and O–H groups in total. The topological polar surface area (TPSA) is 18.5 Å². The van der Waals surface area contributed by atoms with E-state index < -0.39 is 0 Å². The van der Waals surface area contributed by atoms with Crippen LogP contribution in [0, 0.1) is 0 Å². The number of methoxy groups -OCH3 is 2. The smallest absolute Gasteiger partial charge is 0.122 e. The van der Waals surface area contributed by atoms with Crippen molar-refractivity contribution in [2.75, 3.05) is 14.2 Å². The minimum absolute atomic E-state index is 0.198. The van der Waals surface area contributed by atoms with E-state index in [9.17, 15) is 0 Å². The van der Waals surface area contributed by atoms with Gasteiger partial charge < -0.3 is 9.47 Å². The molecule has 1 aromatic carbocycles. The van der Waals surface area contributed by atoms with Gasteiger partial charge in [-0.3, -0.25) is 0 Å².